The zero-order chi connectivity index (χ0) is 16.6. The Morgan fingerprint density at radius 3 is 2.78 bits per heavy atom. The lowest BCUT2D eigenvalue weighted by atomic mass is 10.0. The molecule has 2 aromatic rings. The van der Waals surface area contributed by atoms with Gasteiger partial charge in [0.25, 0.3) is 0 Å². The molecule has 7 heteroatoms. The molecule has 0 N–H and O–H groups in total. The van der Waals surface area contributed by atoms with Gasteiger partial charge in [0.05, 0.1) is 5.25 Å². The second kappa shape index (κ2) is 6.41. The van der Waals surface area contributed by atoms with Gasteiger partial charge in [-0.15, -0.1) is 10.2 Å². The fourth-order valence-corrected chi connectivity index (χ4v) is 4.68. The van der Waals surface area contributed by atoms with Gasteiger partial charge >= 0.3 is 0 Å². The van der Waals surface area contributed by atoms with Crippen LogP contribution in [0.4, 0.5) is 5.69 Å². The van der Waals surface area contributed by atoms with E-state index in [1.807, 2.05) is 32.0 Å². The molecule has 1 amide bonds. The largest absolute Gasteiger partial charge is 0.312 e. The number of aromatic nitrogens is 2. The van der Waals surface area contributed by atoms with Gasteiger partial charge in [0.1, 0.15) is 5.01 Å². The Kier molecular flexibility index (Phi) is 4.50. The van der Waals surface area contributed by atoms with E-state index < -0.39 is 0 Å². The first kappa shape index (κ1) is 16.1. The fraction of sp³-hybridized carbons (Fsp3) is 0.375. The van der Waals surface area contributed by atoms with Gasteiger partial charge in [0.15, 0.2) is 10.1 Å². The van der Waals surface area contributed by atoms with Crippen molar-refractivity contribution in [2.75, 3.05) is 11.4 Å². The number of amides is 1. The second-order valence-corrected chi connectivity index (χ2v) is 8.25. The van der Waals surface area contributed by atoms with Gasteiger partial charge in [-0.1, -0.05) is 23.1 Å². The molecular formula is C16H17N3O2S2. The molecule has 0 aliphatic carbocycles. The molecule has 0 bridgehead atoms. The van der Waals surface area contributed by atoms with Crippen molar-refractivity contribution in [1.82, 2.24) is 10.2 Å². The Hall–Kier alpha value is -1.73. The van der Waals surface area contributed by atoms with Crippen LogP contribution >= 0.6 is 23.1 Å². The molecule has 2 heterocycles. The van der Waals surface area contributed by atoms with Crippen LogP contribution in [0, 0.1) is 6.92 Å². The quantitative estimate of drug-likeness (QED) is 0.628. The van der Waals surface area contributed by atoms with E-state index in [-0.39, 0.29) is 16.9 Å². The zero-order valence-electron chi connectivity index (χ0n) is 13.2. The highest BCUT2D eigenvalue weighted by atomic mass is 32.2. The van der Waals surface area contributed by atoms with Crippen molar-refractivity contribution in [3.63, 3.8) is 0 Å². The number of fused-ring (bicyclic) bond motifs is 1. The van der Waals surface area contributed by atoms with E-state index in [1.165, 1.54) is 23.1 Å². The summed E-state index contributed by atoms with van der Waals surface area (Å²) >= 11 is 2.93. The molecule has 0 saturated heterocycles. The molecule has 0 fully saturated rings. The zero-order valence-corrected chi connectivity index (χ0v) is 14.8. The maximum absolute atomic E-state index is 12.6. The smallest absolute Gasteiger partial charge is 0.223 e. The number of hydrogen-bond acceptors (Lipinski definition) is 6. The monoisotopic (exact) mass is 347 g/mol. The van der Waals surface area contributed by atoms with E-state index in [2.05, 4.69) is 10.2 Å². The van der Waals surface area contributed by atoms with Crippen molar-refractivity contribution in [2.24, 2.45) is 0 Å². The summed E-state index contributed by atoms with van der Waals surface area (Å²) in [5.41, 5.74) is 2.68. The van der Waals surface area contributed by atoms with Crippen molar-refractivity contribution in [2.45, 2.75) is 36.8 Å². The predicted octanol–water partition coefficient (Wildman–Crippen LogP) is 3.12. The summed E-state index contributed by atoms with van der Waals surface area (Å²) in [7, 11) is 0. The van der Waals surface area contributed by atoms with Crippen LogP contribution in [0.25, 0.3) is 0 Å². The third-order valence-electron chi connectivity index (χ3n) is 3.79. The van der Waals surface area contributed by atoms with E-state index in [0.717, 1.165) is 27.0 Å². The lowest BCUT2D eigenvalue weighted by molar-refractivity contribution is -0.116. The van der Waals surface area contributed by atoms with Gasteiger partial charge in [-0.05, 0) is 44.0 Å². The van der Waals surface area contributed by atoms with Gasteiger partial charge in [0.2, 0.25) is 5.91 Å². The van der Waals surface area contributed by atoms with Gasteiger partial charge in [0, 0.05) is 24.7 Å². The van der Waals surface area contributed by atoms with Crippen LogP contribution in [0.15, 0.2) is 22.5 Å². The molecule has 0 spiro atoms. The van der Waals surface area contributed by atoms with Gasteiger partial charge in [-0.3, -0.25) is 9.59 Å². The summed E-state index contributed by atoms with van der Waals surface area (Å²) in [6, 6.07) is 5.61. The van der Waals surface area contributed by atoms with E-state index in [0.29, 0.717) is 12.1 Å². The van der Waals surface area contributed by atoms with Crippen LogP contribution in [0.3, 0.4) is 0 Å². The van der Waals surface area contributed by atoms with Crippen molar-refractivity contribution in [3.8, 4) is 0 Å². The number of rotatable bonds is 4. The van der Waals surface area contributed by atoms with E-state index in [4.69, 9.17) is 0 Å². The number of Topliss-reactive ketones (excluding diaryl/α,β-unsaturated/α-hetero) is 1. The number of thioether (sulfide) groups is 1. The Morgan fingerprint density at radius 1 is 1.35 bits per heavy atom. The predicted molar refractivity (Wildman–Crippen MR) is 92.5 cm³/mol. The maximum Gasteiger partial charge on any atom is 0.223 e. The minimum Gasteiger partial charge on any atom is -0.312 e. The van der Waals surface area contributed by atoms with Crippen LogP contribution in [-0.2, 0) is 11.2 Å². The Bertz CT molecular complexity index is 772. The SMILES string of the molecule is CC(=O)N1CCc2cc(C(=O)[C@H](C)Sc3nnc(C)s3)ccc21. The van der Waals surface area contributed by atoms with Gasteiger partial charge < -0.3 is 4.90 Å². The van der Waals surface area contributed by atoms with Gasteiger partial charge in [-0.25, -0.2) is 0 Å². The van der Waals surface area contributed by atoms with Crippen molar-refractivity contribution >= 4 is 40.5 Å². The minimum atomic E-state index is -0.217. The lowest BCUT2D eigenvalue weighted by Crippen LogP contribution is -2.25. The third kappa shape index (κ3) is 3.30. The van der Waals surface area contributed by atoms with E-state index in [9.17, 15) is 9.59 Å². The molecule has 1 aliphatic rings. The molecule has 0 saturated carbocycles. The molecule has 1 aromatic heterocycles. The summed E-state index contributed by atoms with van der Waals surface area (Å²) in [5, 5.41) is 8.71. The average molecular weight is 347 g/mol. The van der Waals surface area contributed by atoms with Crippen molar-refractivity contribution in [1.29, 1.82) is 0 Å². The molecule has 120 valence electrons. The fourth-order valence-electron chi connectivity index (χ4n) is 2.65. The highest BCUT2D eigenvalue weighted by molar-refractivity contribution is 8.02. The summed E-state index contributed by atoms with van der Waals surface area (Å²) in [4.78, 5) is 26.0. The summed E-state index contributed by atoms with van der Waals surface area (Å²) in [5.74, 6) is 0.116. The maximum atomic E-state index is 12.6. The topological polar surface area (TPSA) is 63.2 Å². The number of benzene rings is 1. The van der Waals surface area contributed by atoms with Crippen LogP contribution in [0.5, 0.6) is 0 Å². The molecule has 1 aromatic carbocycles. The second-order valence-electron chi connectivity index (χ2n) is 5.48. The first-order valence-corrected chi connectivity index (χ1v) is 9.07. The first-order valence-electron chi connectivity index (χ1n) is 7.37. The van der Waals surface area contributed by atoms with E-state index >= 15 is 0 Å². The number of carbonyl (C=O) groups excluding carboxylic acids is 2. The summed E-state index contributed by atoms with van der Waals surface area (Å²) < 4.78 is 0.812. The van der Waals surface area contributed by atoms with Crippen LogP contribution < -0.4 is 4.90 Å². The number of carbonyl (C=O) groups is 2. The van der Waals surface area contributed by atoms with Crippen LogP contribution in [-0.4, -0.2) is 33.7 Å². The minimum absolute atomic E-state index is 0.0402. The number of anilines is 1. The Morgan fingerprint density at radius 2 is 2.13 bits per heavy atom. The Balaban J connectivity index is 1.77. The summed E-state index contributed by atoms with van der Waals surface area (Å²) in [6.45, 7) is 6.04. The summed E-state index contributed by atoms with van der Waals surface area (Å²) in [6.07, 6.45) is 0.799. The van der Waals surface area contributed by atoms with E-state index in [1.54, 1.807) is 11.8 Å². The molecule has 0 radical (unpaired) electrons. The molecule has 1 atom stereocenters. The molecular weight excluding hydrogens is 330 g/mol. The number of aryl methyl sites for hydroxylation is 1. The first-order chi connectivity index (χ1) is 11.0. The molecule has 5 nitrogen and oxygen atoms in total. The molecule has 0 unspecified atom stereocenters. The number of ketones is 1. The average Bonchev–Trinajstić information content (AvgIpc) is 3.11. The van der Waals surface area contributed by atoms with Gasteiger partial charge in [-0.2, -0.15) is 0 Å². The number of hydrogen-bond donors (Lipinski definition) is 0. The van der Waals surface area contributed by atoms with Crippen molar-refractivity contribution < 1.29 is 9.59 Å². The highest BCUT2D eigenvalue weighted by Crippen LogP contribution is 2.32. The standard InChI is InChI=1S/C16H17N3O2S2/c1-9(22-16-18-17-10(2)23-16)15(21)13-4-5-14-12(8-13)6-7-19(14)11(3)20/h4-5,8-9H,6-7H2,1-3H3/t9-/m0/s1. The normalized spacial score (nSPS) is 14.7. The van der Waals surface area contributed by atoms with Crippen LogP contribution in [0.2, 0.25) is 0 Å². The lowest BCUT2D eigenvalue weighted by Gasteiger charge is -2.15. The highest BCUT2D eigenvalue weighted by Gasteiger charge is 2.25. The van der Waals surface area contributed by atoms with Crippen LogP contribution in [0.1, 0.15) is 34.8 Å². The molecule has 3 rings (SSSR count). The molecule has 23 heavy (non-hydrogen) atoms. The number of nitrogens with zero attached hydrogens (tertiary/aromatic N) is 3. The molecule has 1 aliphatic heterocycles. The Labute approximate surface area is 143 Å². The van der Waals surface area contributed by atoms with Crippen molar-refractivity contribution in [3.05, 3.63) is 34.3 Å². The third-order valence-corrected chi connectivity index (χ3v) is 5.82.